The molecular weight excluding hydrogens is 360 g/mol. The van der Waals surface area contributed by atoms with E-state index in [1.54, 1.807) is 10.7 Å². The van der Waals surface area contributed by atoms with E-state index in [1.807, 2.05) is 60.7 Å². The van der Waals surface area contributed by atoms with Crippen molar-refractivity contribution < 1.29 is 4.79 Å². The normalized spacial score (nSPS) is 11.0. The standard InChI is InChI=1S/C21H17ClN4O/c22-15-9-10-19-18(11-16-7-4-8-17(24-16)12-20(23)27)21(25-26(19)13-15)14-5-2-1-3-6-14/h1-10,13H,11-12H2,(H2,23,27). The van der Waals surface area contributed by atoms with Gasteiger partial charge >= 0.3 is 0 Å². The van der Waals surface area contributed by atoms with Gasteiger partial charge in [-0.1, -0.05) is 48.0 Å². The summed E-state index contributed by atoms with van der Waals surface area (Å²) in [5.74, 6) is -0.393. The van der Waals surface area contributed by atoms with E-state index in [-0.39, 0.29) is 6.42 Å². The third-order valence-electron chi connectivity index (χ3n) is 4.32. The molecule has 0 saturated heterocycles. The molecule has 134 valence electrons. The van der Waals surface area contributed by atoms with Gasteiger partial charge in [0.25, 0.3) is 0 Å². The number of nitrogens with zero attached hydrogens (tertiary/aromatic N) is 3. The Morgan fingerprint density at radius 2 is 1.78 bits per heavy atom. The highest BCUT2D eigenvalue weighted by atomic mass is 35.5. The summed E-state index contributed by atoms with van der Waals surface area (Å²) >= 11 is 6.14. The average Bonchev–Trinajstić information content (AvgIpc) is 2.99. The van der Waals surface area contributed by atoms with Crippen LogP contribution < -0.4 is 5.73 Å². The molecule has 0 aliphatic rings. The highest BCUT2D eigenvalue weighted by Gasteiger charge is 2.16. The van der Waals surface area contributed by atoms with Crippen LogP contribution in [0.3, 0.4) is 0 Å². The lowest BCUT2D eigenvalue weighted by Crippen LogP contribution is -2.14. The van der Waals surface area contributed by atoms with Crippen LogP contribution in [-0.4, -0.2) is 20.5 Å². The van der Waals surface area contributed by atoms with Gasteiger partial charge in [0, 0.05) is 35.1 Å². The van der Waals surface area contributed by atoms with E-state index < -0.39 is 5.91 Å². The number of hydrogen-bond acceptors (Lipinski definition) is 3. The predicted molar refractivity (Wildman–Crippen MR) is 106 cm³/mol. The first kappa shape index (κ1) is 17.2. The van der Waals surface area contributed by atoms with Crippen LogP contribution in [0.5, 0.6) is 0 Å². The van der Waals surface area contributed by atoms with Crippen molar-refractivity contribution in [2.45, 2.75) is 12.8 Å². The first-order chi connectivity index (χ1) is 13.1. The molecule has 0 aliphatic carbocycles. The molecule has 5 nitrogen and oxygen atoms in total. The largest absolute Gasteiger partial charge is 0.369 e. The zero-order valence-corrected chi connectivity index (χ0v) is 15.2. The molecule has 0 saturated carbocycles. The Bertz CT molecular complexity index is 1120. The number of halogens is 1. The number of hydrogen-bond donors (Lipinski definition) is 1. The van der Waals surface area contributed by atoms with Crippen LogP contribution in [0.1, 0.15) is 17.0 Å². The van der Waals surface area contributed by atoms with E-state index in [4.69, 9.17) is 22.4 Å². The molecule has 1 amide bonds. The number of amides is 1. The van der Waals surface area contributed by atoms with Gasteiger partial charge in [0.15, 0.2) is 0 Å². The SMILES string of the molecule is NC(=O)Cc1cccc(Cc2c(-c3ccccc3)nn3cc(Cl)ccc23)n1. The third kappa shape index (κ3) is 3.68. The molecule has 3 aromatic heterocycles. The fourth-order valence-electron chi connectivity index (χ4n) is 3.16. The second kappa shape index (κ2) is 7.21. The molecular formula is C21H17ClN4O. The van der Waals surface area contributed by atoms with Gasteiger partial charge < -0.3 is 5.73 Å². The van der Waals surface area contributed by atoms with Crippen LogP contribution in [0, 0.1) is 0 Å². The first-order valence-corrected chi connectivity index (χ1v) is 8.93. The summed E-state index contributed by atoms with van der Waals surface area (Å²) in [6.07, 6.45) is 2.51. The number of aromatic nitrogens is 3. The first-order valence-electron chi connectivity index (χ1n) is 8.55. The maximum absolute atomic E-state index is 11.2. The smallest absolute Gasteiger partial charge is 0.223 e. The lowest BCUT2D eigenvalue weighted by atomic mass is 10.0. The van der Waals surface area contributed by atoms with E-state index >= 15 is 0 Å². The lowest BCUT2D eigenvalue weighted by molar-refractivity contribution is -0.117. The Labute approximate surface area is 161 Å². The van der Waals surface area contributed by atoms with Gasteiger partial charge in [0.1, 0.15) is 0 Å². The van der Waals surface area contributed by atoms with Crippen molar-refractivity contribution in [2.24, 2.45) is 5.73 Å². The van der Waals surface area contributed by atoms with Crippen LogP contribution in [0.4, 0.5) is 0 Å². The monoisotopic (exact) mass is 376 g/mol. The number of benzene rings is 1. The van der Waals surface area contributed by atoms with Crippen molar-refractivity contribution in [1.82, 2.24) is 14.6 Å². The second-order valence-corrected chi connectivity index (χ2v) is 6.75. The molecule has 4 aromatic rings. The van der Waals surface area contributed by atoms with E-state index in [1.165, 1.54) is 0 Å². The fourth-order valence-corrected chi connectivity index (χ4v) is 3.32. The van der Waals surface area contributed by atoms with Crippen molar-refractivity contribution >= 4 is 23.0 Å². The van der Waals surface area contributed by atoms with Crippen LogP contribution in [0.15, 0.2) is 66.9 Å². The zero-order valence-electron chi connectivity index (χ0n) is 14.5. The van der Waals surface area contributed by atoms with E-state index in [2.05, 4.69) is 4.98 Å². The fraction of sp³-hybridized carbons (Fsp3) is 0.0952. The number of carbonyl (C=O) groups excluding carboxylic acids is 1. The molecule has 6 heteroatoms. The van der Waals surface area contributed by atoms with Crippen molar-refractivity contribution in [3.05, 3.63) is 88.8 Å². The Hall–Kier alpha value is -3.18. The van der Waals surface area contributed by atoms with Crippen LogP contribution in [-0.2, 0) is 17.6 Å². The minimum absolute atomic E-state index is 0.129. The Kier molecular flexibility index (Phi) is 4.60. The topological polar surface area (TPSA) is 73.3 Å². The highest BCUT2D eigenvalue weighted by Crippen LogP contribution is 2.29. The predicted octanol–water partition coefficient (Wildman–Crippen LogP) is 3.67. The van der Waals surface area contributed by atoms with Crippen molar-refractivity contribution in [1.29, 1.82) is 0 Å². The number of primary amides is 1. The molecule has 1 aromatic carbocycles. The summed E-state index contributed by atoms with van der Waals surface area (Å²) in [7, 11) is 0. The molecule has 3 heterocycles. The lowest BCUT2D eigenvalue weighted by Gasteiger charge is -2.05. The van der Waals surface area contributed by atoms with Crippen molar-refractivity contribution in [2.75, 3.05) is 0 Å². The maximum Gasteiger partial charge on any atom is 0.223 e. The van der Waals surface area contributed by atoms with Gasteiger partial charge in [-0.2, -0.15) is 5.10 Å². The third-order valence-corrected chi connectivity index (χ3v) is 4.54. The highest BCUT2D eigenvalue weighted by molar-refractivity contribution is 6.30. The molecule has 0 bridgehead atoms. The molecule has 0 atom stereocenters. The number of fused-ring (bicyclic) bond motifs is 1. The van der Waals surface area contributed by atoms with Crippen LogP contribution >= 0.6 is 11.6 Å². The Morgan fingerprint density at radius 1 is 1.00 bits per heavy atom. The van der Waals surface area contributed by atoms with Crippen molar-refractivity contribution in [3.8, 4) is 11.3 Å². The van der Waals surface area contributed by atoms with Crippen molar-refractivity contribution in [3.63, 3.8) is 0 Å². The molecule has 0 aliphatic heterocycles. The molecule has 0 fully saturated rings. The van der Waals surface area contributed by atoms with Crippen LogP contribution in [0.25, 0.3) is 16.8 Å². The van der Waals surface area contributed by atoms with Gasteiger partial charge in [-0.05, 0) is 24.3 Å². The number of pyridine rings is 2. The number of nitrogens with two attached hydrogens (primary N) is 1. The molecule has 0 radical (unpaired) electrons. The summed E-state index contributed by atoms with van der Waals surface area (Å²) in [5, 5.41) is 5.36. The summed E-state index contributed by atoms with van der Waals surface area (Å²) in [4.78, 5) is 15.8. The van der Waals surface area contributed by atoms with Gasteiger partial charge in [-0.25, -0.2) is 4.52 Å². The maximum atomic E-state index is 11.2. The van der Waals surface area contributed by atoms with E-state index in [0.29, 0.717) is 17.1 Å². The molecule has 4 rings (SSSR count). The second-order valence-electron chi connectivity index (χ2n) is 6.31. The molecule has 0 spiro atoms. The van der Waals surface area contributed by atoms with Crippen LogP contribution in [0.2, 0.25) is 5.02 Å². The summed E-state index contributed by atoms with van der Waals surface area (Å²) < 4.78 is 1.80. The zero-order chi connectivity index (χ0) is 18.8. The van der Waals surface area contributed by atoms with Gasteiger partial charge in [0.2, 0.25) is 5.91 Å². The number of carbonyl (C=O) groups is 1. The minimum Gasteiger partial charge on any atom is -0.369 e. The Morgan fingerprint density at radius 3 is 2.56 bits per heavy atom. The summed E-state index contributed by atoms with van der Waals surface area (Å²) in [6.45, 7) is 0. The molecule has 2 N–H and O–H groups in total. The minimum atomic E-state index is -0.393. The Balaban J connectivity index is 1.82. The summed E-state index contributed by atoms with van der Waals surface area (Å²) in [6, 6.07) is 19.5. The van der Waals surface area contributed by atoms with E-state index in [9.17, 15) is 4.79 Å². The molecule has 27 heavy (non-hydrogen) atoms. The average molecular weight is 377 g/mol. The van der Waals surface area contributed by atoms with Gasteiger partial charge in [0.05, 0.1) is 22.7 Å². The molecule has 0 unspecified atom stereocenters. The summed E-state index contributed by atoms with van der Waals surface area (Å²) in [5.41, 5.74) is 10.8. The quantitative estimate of drug-likeness (QED) is 0.577. The van der Waals surface area contributed by atoms with Gasteiger partial charge in [-0.15, -0.1) is 0 Å². The van der Waals surface area contributed by atoms with E-state index in [0.717, 1.165) is 28.0 Å². The van der Waals surface area contributed by atoms with Gasteiger partial charge in [-0.3, -0.25) is 9.78 Å². The number of rotatable bonds is 5.